The smallest absolute Gasteiger partial charge is 0.299 e. The molecular formula is C19H22N2O5S3. The summed E-state index contributed by atoms with van der Waals surface area (Å²) >= 11 is 1.03. The van der Waals surface area contributed by atoms with Gasteiger partial charge in [-0.25, -0.2) is 21.6 Å². The third kappa shape index (κ3) is 4.61. The third-order valence-corrected chi connectivity index (χ3v) is 8.15. The number of sulfonamides is 1. The molecule has 10 heteroatoms. The summed E-state index contributed by atoms with van der Waals surface area (Å²) in [6, 6.07) is 10.2. The topological polar surface area (TPSA) is 102 Å². The van der Waals surface area contributed by atoms with E-state index < -0.39 is 25.9 Å². The number of nitrogens with one attached hydrogen (secondary N) is 1. The molecule has 0 spiro atoms. The van der Waals surface area contributed by atoms with E-state index >= 15 is 0 Å². The second-order valence-electron chi connectivity index (χ2n) is 6.83. The molecule has 29 heavy (non-hydrogen) atoms. The summed E-state index contributed by atoms with van der Waals surface area (Å²) in [6.45, 7) is 4.24. The average Bonchev–Trinajstić information content (AvgIpc) is 2.96. The van der Waals surface area contributed by atoms with Crippen LogP contribution in [-0.4, -0.2) is 27.7 Å². The maximum absolute atomic E-state index is 12.8. The molecule has 156 valence electrons. The van der Waals surface area contributed by atoms with E-state index in [9.17, 15) is 21.6 Å². The Morgan fingerprint density at radius 3 is 2.24 bits per heavy atom. The summed E-state index contributed by atoms with van der Waals surface area (Å²) in [7, 11) is -7.14. The van der Waals surface area contributed by atoms with Crippen molar-refractivity contribution >= 4 is 41.4 Å². The number of aryl methyl sites for hydroxylation is 1. The van der Waals surface area contributed by atoms with Crippen molar-refractivity contribution in [3.05, 3.63) is 57.7 Å². The highest BCUT2D eigenvalue weighted by atomic mass is 32.2. The second-order valence-corrected chi connectivity index (χ2v) is 11.6. The summed E-state index contributed by atoms with van der Waals surface area (Å²) in [4.78, 5) is 12.3. The van der Waals surface area contributed by atoms with E-state index in [1.54, 1.807) is 29.7 Å². The van der Waals surface area contributed by atoms with Crippen LogP contribution in [0.4, 0.5) is 0 Å². The lowest BCUT2D eigenvalue weighted by Gasteiger charge is -2.15. The fourth-order valence-corrected chi connectivity index (χ4v) is 5.94. The summed E-state index contributed by atoms with van der Waals surface area (Å²) in [5.74, 6) is 0. The molecule has 0 saturated heterocycles. The van der Waals surface area contributed by atoms with Gasteiger partial charge in [-0.05, 0) is 49.2 Å². The van der Waals surface area contributed by atoms with E-state index in [1.165, 1.54) is 24.3 Å². The Morgan fingerprint density at radius 2 is 1.66 bits per heavy atom. The molecule has 1 N–H and O–H groups in total. The van der Waals surface area contributed by atoms with Crippen molar-refractivity contribution in [2.45, 2.75) is 42.6 Å². The first-order valence-electron chi connectivity index (χ1n) is 8.98. The first-order chi connectivity index (χ1) is 13.5. The second kappa shape index (κ2) is 8.02. The fourth-order valence-electron chi connectivity index (χ4n) is 3.02. The van der Waals surface area contributed by atoms with Gasteiger partial charge in [0.05, 0.1) is 20.0 Å². The zero-order chi connectivity index (χ0) is 21.4. The normalized spacial score (nSPS) is 13.6. The zero-order valence-corrected chi connectivity index (χ0v) is 18.7. The molecule has 0 aliphatic rings. The van der Waals surface area contributed by atoms with Crippen molar-refractivity contribution in [3.63, 3.8) is 0 Å². The van der Waals surface area contributed by atoms with Crippen LogP contribution in [0.1, 0.15) is 31.9 Å². The van der Waals surface area contributed by atoms with Gasteiger partial charge >= 0.3 is 4.87 Å². The van der Waals surface area contributed by atoms with Gasteiger partial charge in [-0.1, -0.05) is 30.4 Å². The van der Waals surface area contributed by atoms with Gasteiger partial charge in [-0.3, -0.25) is 9.36 Å². The van der Waals surface area contributed by atoms with Gasteiger partial charge in [0.15, 0.2) is 9.84 Å². The minimum absolute atomic E-state index is 0.0782. The number of hydrogen-bond donors (Lipinski definition) is 1. The van der Waals surface area contributed by atoms with E-state index in [1.807, 2.05) is 6.92 Å². The van der Waals surface area contributed by atoms with Gasteiger partial charge in [-0.15, -0.1) is 0 Å². The zero-order valence-electron chi connectivity index (χ0n) is 16.2. The van der Waals surface area contributed by atoms with Crippen molar-refractivity contribution in [2.75, 3.05) is 6.26 Å². The Kier molecular flexibility index (Phi) is 6.00. The van der Waals surface area contributed by atoms with Crippen molar-refractivity contribution in [3.8, 4) is 0 Å². The van der Waals surface area contributed by atoms with Crippen LogP contribution in [0.3, 0.4) is 0 Å². The van der Waals surface area contributed by atoms with Crippen molar-refractivity contribution < 1.29 is 16.8 Å². The Bertz CT molecular complexity index is 1300. The molecule has 0 amide bonds. The van der Waals surface area contributed by atoms with Crippen LogP contribution in [-0.2, 0) is 26.4 Å². The molecular weight excluding hydrogens is 432 g/mol. The molecule has 0 fully saturated rings. The Hall–Kier alpha value is -2.01. The van der Waals surface area contributed by atoms with Gasteiger partial charge < -0.3 is 0 Å². The number of fused-ring (bicyclic) bond motifs is 1. The standard InChI is InChI=1S/C19H22N2O5S3/c1-4-11-21-17-10-9-16(12-18(17)27-19(21)22)29(25,26)20-13(2)14-5-7-15(8-6-14)28(3,23)24/h5-10,12-13,20H,4,11H2,1-3H3/t13-/m1/s1. The molecule has 0 aliphatic heterocycles. The predicted octanol–water partition coefficient (Wildman–Crippen LogP) is 2.92. The van der Waals surface area contributed by atoms with Crippen LogP contribution in [0.5, 0.6) is 0 Å². The van der Waals surface area contributed by atoms with Crippen LogP contribution in [0.25, 0.3) is 10.2 Å². The fraction of sp³-hybridized carbons (Fsp3) is 0.316. The molecule has 2 aromatic carbocycles. The molecule has 3 aromatic rings. The molecule has 3 rings (SSSR count). The van der Waals surface area contributed by atoms with E-state index in [-0.39, 0.29) is 14.7 Å². The van der Waals surface area contributed by atoms with Crippen LogP contribution >= 0.6 is 11.3 Å². The molecule has 0 saturated carbocycles. The summed E-state index contributed by atoms with van der Waals surface area (Å²) < 4.78 is 53.6. The lowest BCUT2D eigenvalue weighted by atomic mass is 10.1. The Morgan fingerprint density at radius 1 is 1.03 bits per heavy atom. The number of aromatic nitrogens is 1. The van der Waals surface area contributed by atoms with E-state index in [0.717, 1.165) is 29.5 Å². The highest BCUT2D eigenvalue weighted by Crippen LogP contribution is 2.24. The highest BCUT2D eigenvalue weighted by Gasteiger charge is 2.20. The van der Waals surface area contributed by atoms with E-state index in [2.05, 4.69) is 4.72 Å². The Balaban J connectivity index is 1.88. The van der Waals surface area contributed by atoms with Crippen molar-refractivity contribution in [1.82, 2.24) is 9.29 Å². The molecule has 0 radical (unpaired) electrons. The minimum Gasteiger partial charge on any atom is -0.299 e. The molecule has 1 aromatic heterocycles. The van der Waals surface area contributed by atoms with Gasteiger partial charge in [0, 0.05) is 18.8 Å². The number of sulfone groups is 1. The third-order valence-electron chi connectivity index (χ3n) is 4.54. The van der Waals surface area contributed by atoms with Crippen molar-refractivity contribution in [1.29, 1.82) is 0 Å². The Labute approximate surface area is 174 Å². The van der Waals surface area contributed by atoms with Crippen LogP contribution in [0.15, 0.2) is 57.1 Å². The molecule has 0 aliphatic carbocycles. The van der Waals surface area contributed by atoms with E-state index in [0.29, 0.717) is 16.8 Å². The van der Waals surface area contributed by atoms with Crippen molar-refractivity contribution in [2.24, 2.45) is 0 Å². The largest absolute Gasteiger partial charge is 0.308 e. The van der Waals surface area contributed by atoms with Gasteiger partial charge in [0.2, 0.25) is 10.0 Å². The monoisotopic (exact) mass is 454 g/mol. The number of rotatable bonds is 7. The van der Waals surface area contributed by atoms with Crippen LogP contribution in [0.2, 0.25) is 0 Å². The highest BCUT2D eigenvalue weighted by molar-refractivity contribution is 7.90. The summed E-state index contributed by atoms with van der Waals surface area (Å²) in [5.41, 5.74) is 1.37. The van der Waals surface area contributed by atoms with E-state index in [4.69, 9.17) is 0 Å². The summed E-state index contributed by atoms with van der Waals surface area (Å²) in [5, 5.41) is 0. The number of hydrogen-bond acceptors (Lipinski definition) is 6. The molecule has 1 heterocycles. The maximum atomic E-state index is 12.8. The summed E-state index contributed by atoms with van der Waals surface area (Å²) in [6.07, 6.45) is 1.93. The first-order valence-corrected chi connectivity index (χ1v) is 13.2. The first kappa shape index (κ1) is 21.7. The number of thiazole rings is 1. The molecule has 1 atom stereocenters. The lowest BCUT2D eigenvalue weighted by molar-refractivity contribution is 0.566. The lowest BCUT2D eigenvalue weighted by Crippen LogP contribution is -2.26. The predicted molar refractivity (Wildman–Crippen MR) is 115 cm³/mol. The number of benzene rings is 2. The van der Waals surface area contributed by atoms with Crippen LogP contribution < -0.4 is 9.60 Å². The SMILES string of the molecule is CCCn1c(=O)sc2cc(S(=O)(=O)N[C@H](C)c3ccc(S(C)(=O)=O)cc3)ccc21. The average molecular weight is 455 g/mol. The molecule has 0 unspecified atom stereocenters. The molecule has 0 bridgehead atoms. The van der Waals surface area contributed by atoms with Gasteiger partial charge in [0.25, 0.3) is 0 Å². The number of nitrogens with zero attached hydrogens (tertiary/aromatic N) is 1. The van der Waals surface area contributed by atoms with Gasteiger partial charge in [0.1, 0.15) is 0 Å². The maximum Gasteiger partial charge on any atom is 0.308 e. The molecule has 7 nitrogen and oxygen atoms in total. The van der Waals surface area contributed by atoms with Crippen LogP contribution in [0, 0.1) is 0 Å². The quantitative estimate of drug-likeness (QED) is 0.591. The van der Waals surface area contributed by atoms with Gasteiger partial charge in [-0.2, -0.15) is 0 Å². The minimum atomic E-state index is -3.83.